The Labute approximate surface area is 66.8 Å². The van der Waals surface area contributed by atoms with Gasteiger partial charge in [-0.3, -0.25) is 4.79 Å². The van der Waals surface area contributed by atoms with Gasteiger partial charge in [0.05, 0.1) is 0 Å². The van der Waals surface area contributed by atoms with Crippen molar-refractivity contribution in [1.29, 1.82) is 0 Å². The van der Waals surface area contributed by atoms with Gasteiger partial charge in [-0.15, -0.1) is 0 Å². The smallest absolute Gasteiger partial charge is 0.271 e. The first-order chi connectivity index (χ1) is 4.74. The molecule has 52 valence electrons. The van der Waals surface area contributed by atoms with Gasteiger partial charge in [0.2, 0.25) is 0 Å². The Morgan fingerprint density at radius 3 is 2.90 bits per heavy atom. The highest BCUT2D eigenvalue weighted by molar-refractivity contribution is 8.26. The fourth-order valence-corrected chi connectivity index (χ4v) is 1.39. The molecule has 1 saturated heterocycles. The predicted molar refractivity (Wildman–Crippen MR) is 42.6 cm³/mol. The van der Waals surface area contributed by atoms with Crippen molar-refractivity contribution in [3.63, 3.8) is 0 Å². The van der Waals surface area contributed by atoms with Crippen molar-refractivity contribution in [2.75, 3.05) is 0 Å². The lowest BCUT2D eigenvalue weighted by atomic mass is 10.5. The van der Waals surface area contributed by atoms with E-state index >= 15 is 0 Å². The van der Waals surface area contributed by atoms with Gasteiger partial charge in [-0.25, -0.2) is 0 Å². The Kier molecular flexibility index (Phi) is 2.11. The minimum absolute atomic E-state index is 0.299. The first-order valence-electron chi connectivity index (χ1n) is 2.36. The number of nitrogens with one attached hydrogen (secondary N) is 1. The molecule has 0 unspecified atom stereocenters. The zero-order valence-corrected chi connectivity index (χ0v) is 6.38. The molecule has 0 bridgehead atoms. The molecule has 0 spiro atoms. The normalized spacial score (nSPS) is 16.6. The number of aliphatic hydroxyl groups excluding tert-OH is 1. The van der Waals surface area contributed by atoms with E-state index in [0.29, 0.717) is 15.5 Å². The molecule has 0 aromatic carbocycles. The van der Waals surface area contributed by atoms with Crippen molar-refractivity contribution >= 4 is 34.2 Å². The maximum Gasteiger partial charge on any atom is 0.271 e. The average Bonchev–Trinajstić information content (AvgIpc) is 2.13. The molecule has 0 saturated carbocycles. The molecule has 10 heavy (non-hydrogen) atoms. The zero-order chi connectivity index (χ0) is 7.56. The van der Waals surface area contributed by atoms with Crippen LogP contribution in [0.15, 0.2) is 16.9 Å². The Bertz CT molecular complexity index is 252. The zero-order valence-electron chi connectivity index (χ0n) is 4.75. The van der Waals surface area contributed by atoms with Crippen molar-refractivity contribution in [1.82, 2.24) is 5.32 Å². The summed E-state index contributed by atoms with van der Waals surface area (Å²) in [5.74, 6) is -0.305. The van der Waals surface area contributed by atoms with Crippen LogP contribution in [-0.2, 0) is 4.79 Å². The number of carbonyl (C=O) groups excluding carboxylic acids is 1. The van der Waals surface area contributed by atoms with Gasteiger partial charge in [-0.2, -0.15) is 0 Å². The minimum Gasteiger partial charge on any atom is -0.507 e. The molecule has 1 rings (SSSR count). The van der Waals surface area contributed by atoms with E-state index in [-0.39, 0.29) is 5.91 Å². The van der Waals surface area contributed by atoms with Crippen LogP contribution in [0.1, 0.15) is 0 Å². The van der Waals surface area contributed by atoms with Gasteiger partial charge < -0.3 is 10.4 Å². The number of hydrogen-bond donors (Lipinski definition) is 2. The predicted octanol–water partition coefficient (Wildman–Crippen LogP) is 0.689. The first-order valence-corrected chi connectivity index (χ1v) is 3.59. The third-order valence-corrected chi connectivity index (χ3v) is 1.96. The van der Waals surface area contributed by atoms with Crippen molar-refractivity contribution < 1.29 is 9.90 Å². The van der Waals surface area contributed by atoms with Gasteiger partial charge >= 0.3 is 0 Å². The van der Waals surface area contributed by atoms with Crippen molar-refractivity contribution in [2.24, 2.45) is 0 Å². The largest absolute Gasteiger partial charge is 0.507 e. The number of aliphatic hydroxyl groups is 1. The van der Waals surface area contributed by atoms with E-state index in [4.69, 9.17) is 5.11 Å². The summed E-state index contributed by atoms with van der Waals surface area (Å²) in [6, 6.07) is 0. The van der Waals surface area contributed by atoms with Crippen LogP contribution in [0, 0.1) is 0 Å². The molecule has 0 radical (unpaired) electrons. The summed E-state index contributed by atoms with van der Waals surface area (Å²) in [6.45, 7) is 0. The molecule has 1 fully saturated rings. The van der Waals surface area contributed by atoms with E-state index in [2.05, 4.69) is 23.3 Å². The highest BCUT2D eigenvalue weighted by Gasteiger charge is 2.21. The topological polar surface area (TPSA) is 49.3 Å². The van der Waals surface area contributed by atoms with Crippen LogP contribution in [0.4, 0.5) is 0 Å². The van der Waals surface area contributed by atoms with E-state index in [0.717, 1.165) is 11.8 Å². The Balaban J connectivity index is 2.93. The fourth-order valence-electron chi connectivity index (χ4n) is 0.468. The molecular formula is C5H3NO2S2. The Morgan fingerprint density at radius 2 is 2.50 bits per heavy atom. The summed E-state index contributed by atoms with van der Waals surface area (Å²) in [5.41, 5.74) is 2.34. The van der Waals surface area contributed by atoms with E-state index in [9.17, 15) is 4.79 Å². The lowest BCUT2D eigenvalue weighted by Gasteiger charge is -1.81. The molecule has 0 aromatic rings. The fraction of sp³-hybridized carbons (Fsp3) is 0. The number of hydrogen-bond acceptors (Lipinski definition) is 4. The molecule has 1 amide bonds. The van der Waals surface area contributed by atoms with Crippen LogP contribution in [0.3, 0.4) is 0 Å². The van der Waals surface area contributed by atoms with Crippen LogP contribution in [-0.4, -0.2) is 15.3 Å². The van der Waals surface area contributed by atoms with Crippen LogP contribution >= 0.6 is 24.0 Å². The van der Waals surface area contributed by atoms with E-state index in [1.807, 2.05) is 0 Å². The summed E-state index contributed by atoms with van der Waals surface area (Å²) in [7, 11) is 0. The molecule has 3 nitrogen and oxygen atoms in total. The molecule has 0 atom stereocenters. The molecule has 2 N–H and O–H groups in total. The summed E-state index contributed by atoms with van der Waals surface area (Å²) in [5, 5.41) is 10.6. The number of thioether (sulfide) groups is 1. The second-order valence-electron chi connectivity index (χ2n) is 1.45. The SMILES string of the molecule is O=C1NC(=S)SC1=C=CO. The molecule has 1 aliphatic heterocycles. The number of thiocarbonyl (C=S) groups is 1. The summed E-state index contributed by atoms with van der Waals surface area (Å²) in [4.78, 5) is 11.0. The van der Waals surface area contributed by atoms with Gasteiger partial charge in [0.1, 0.15) is 15.5 Å². The monoisotopic (exact) mass is 173 g/mol. The first kappa shape index (κ1) is 7.34. The third kappa shape index (κ3) is 1.39. The van der Waals surface area contributed by atoms with E-state index in [1.165, 1.54) is 0 Å². The van der Waals surface area contributed by atoms with E-state index < -0.39 is 0 Å². The summed E-state index contributed by atoms with van der Waals surface area (Å²) in [6.07, 6.45) is 0.690. The quantitative estimate of drug-likeness (QED) is 0.245. The van der Waals surface area contributed by atoms with E-state index in [1.54, 1.807) is 0 Å². The van der Waals surface area contributed by atoms with Crippen molar-refractivity contribution in [2.45, 2.75) is 0 Å². The van der Waals surface area contributed by atoms with Gasteiger partial charge in [-0.1, -0.05) is 17.9 Å². The second-order valence-corrected chi connectivity index (χ2v) is 3.13. The molecule has 0 aliphatic carbocycles. The Morgan fingerprint density at radius 1 is 1.80 bits per heavy atom. The molecule has 1 aliphatic rings. The van der Waals surface area contributed by atoms with Gasteiger partial charge in [0.25, 0.3) is 5.91 Å². The van der Waals surface area contributed by atoms with Gasteiger partial charge in [-0.05, 0) is 11.8 Å². The van der Waals surface area contributed by atoms with Crippen LogP contribution in [0.25, 0.3) is 0 Å². The molecule has 5 heteroatoms. The number of carbonyl (C=O) groups is 1. The summed E-state index contributed by atoms with van der Waals surface area (Å²) < 4.78 is 0.398. The molecular weight excluding hydrogens is 170 g/mol. The number of rotatable bonds is 0. The van der Waals surface area contributed by atoms with Crippen LogP contribution in [0.5, 0.6) is 0 Å². The van der Waals surface area contributed by atoms with Gasteiger partial charge in [0, 0.05) is 0 Å². The standard InChI is InChI=1S/C5H3NO2S2/c7-2-1-3-4(8)6-5(9)10-3/h2,7H,(H,6,8,9). The summed E-state index contributed by atoms with van der Waals surface area (Å²) >= 11 is 5.75. The molecule has 1 heterocycles. The minimum atomic E-state index is -0.305. The highest BCUT2D eigenvalue weighted by atomic mass is 32.2. The lowest BCUT2D eigenvalue weighted by Crippen LogP contribution is -2.17. The van der Waals surface area contributed by atoms with Crippen LogP contribution < -0.4 is 5.32 Å². The second kappa shape index (κ2) is 2.88. The third-order valence-electron chi connectivity index (χ3n) is 0.812. The average molecular weight is 173 g/mol. The van der Waals surface area contributed by atoms with Gasteiger partial charge in [0.15, 0.2) is 0 Å². The maximum atomic E-state index is 10.7. The highest BCUT2D eigenvalue weighted by Crippen LogP contribution is 2.21. The van der Waals surface area contributed by atoms with Crippen LogP contribution in [0.2, 0.25) is 0 Å². The molecule has 0 aromatic heterocycles. The Hall–Kier alpha value is -0.770. The van der Waals surface area contributed by atoms with Crippen molar-refractivity contribution in [3.05, 3.63) is 16.9 Å². The van der Waals surface area contributed by atoms with Crippen molar-refractivity contribution in [3.8, 4) is 0 Å². The maximum absolute atomic E-state index is 10.7. The lowest BCUT2D eigenvalue weighted by molar-refractivity contribution is -0.115. The number of amides is 1.